The number of ether oxygens (including phenoxy) is 1. The number of carbonyl (C=O) groups excluding carboxylic acids is 1. The standard InChI is InChI=1S/C20H36N2O5S/c1-5-6-7-12-8-9-21-13(10-12)19(26)22-14(11(2)3)18-16(24)15(23)17(25)20(27-18)28-4/h8,11,13-18,20-21,23-25H,5-7,9-10H2,1-4H3,(H,22,26)/t13-,14+,15-,16+,17+,18?,20+/m0/s1. The van der Waals surface area contributed by atoms with Gasteiger partial charge in [0.2, 0.25) is 5.91 Å². The molecule has 0 aromatic rings. The fourth-order valence-corrected chi connectivity index (χ4v) is 4.49. The van der Waals surface area contributed by atoms with Crippen molar-refractivity contribution in [2.45, 2.75) is 88.4 Å². The molecule has 0 aromatic carbocycles. The molecule has 2 rings (SSSR count). The first-order chi connectivity index (χ1) is 13.3. The van der Waals surface area contributed by atoms with Crippen molar-refractivity contribution in [1.29, 1.82) is 0 Å². The Labute approximate surface area is 172 Å². The molecule has 8 heteroatoms. The van der Waals surface area contributed by atoms with Crippen LogP contribution in [0.5, 0.6) is 0 Å². The van der Waals surface area contributed by atoms with Gasteiger partial charge in [0, 0.05) is 6.54 Å². The highest BCUT2D eigenvalue weighted by Crippen LogP contribution is 2.30. The first-order valence-electron chi connectivity index (χ1n) is 10.2. The van der Waals surface area contributed by atoms with Crippen LogP contribution in [0.25, 0.3) is 0 Å². The van der Waals surface area contributed by atoms with Crippen LogP contribution < -0.4 is 10.6 Å². The van der Waals surface area contributed by atoms with Crippen molar-refractivity contribution in [3.8, 4) is 0 Å². The van der Waals surface area contributed by atoms with Crippen molar-refractivity contribution in [3.63, 3.8) is 0 Å². The Morgan fingerprint density at radius 3 is 2.64 bits per heavy atom. The van der Waals surface area contributed by atoms with Crippen LogP contribution in [0.3, 0.4) is 0 Å². The molecule has 7 atom stereocenters. The first kappa shape index (κ1) is 23.6. The van der Waals surface area contributed by atoms with Crippen LogP contribution >= 0.6 is 11.8 Å². The molecule has 1 saturated heterocycles. The molecule has 5 N–H and O–H groups in total. The highest BCUT2D eigenvalue weighted by atomic mass is 32.2. The Morgan fingerprint density at radius 1 is 1.32 bits per heavy atom. The Bertz CT molecular complexity index is 543. The molecule has 0 saturated carbocycles. The minimum atomic E-state index is -1.31. The van der Waals surface area contributed by atoms with E-state index in [1.165, 1.54) is 17.3 Å². The highest BCUT2D eigenvalue weighted by Gasteiger charge is 2.47. The first-order valence-corrected chi connectivity index (χ1v) is 11.5. The number of aliphatic hydroxyl groups excluding tert-OH is 3. The summed E-state index contributed by atoms with van der Waals surface area (Å²) in [6, 6.07) is -0.795. The maximum atomic E-state index is 12.9. The number of hydrogen-bond donors (Lipinski definition) is 5. The van der Waals surface area contributed by atoms with Crippen molar-refractivity contribution in [2.75, 3.05) is 12.8 Å². The van der Waals surface area contributed by atoms with Crippen LogP contribution in [0.4, 0.5) is 0 Å². The summed E-state index contributed by atoms with van der Waals surface area (Å²) < 4.78 is 5.87. The third-order valence-corrected chi connectivity index (χ3v) is 6.46. The lowest BCUT2D eigenvalue weighted by molar-refractivity contribution is -0.208. The van der Waals surface area contributed by atoms with Crippen LogP contribution in [-0.2, 0) is 9.53 Å². The Morgan fingerprint density at radius 2 is 2.04 bits per heavy atom. The molecule has 0 bridgehead atoms. The van der Waals surface area contributed by atoms with Crippen LogP contribution in [0.1, 0.15) is 46.5 Å². The lowest BCUT2D eigenvalue weighted by Gasteiger charge is -2.44. The SMILES string of the molecule is CCCCC1=CCN[C@H](C(=O)N[C@H](C(C)C)C2O[C@H](SC)[C@H](O)[C@@H](O)[C@H]2O)C1. The molecule has 162 valence electrons. The average molecular weight is 417 g/mol. The van der Waals surface area contributed by atoms with Crippen molar-refractivity contribution in [1.82, 2.24) is 10.6 Å². The van der Waals surface area contributed by atoms with Gasteiger partial charge < -0.3 is 30.7 Å². The molecule has 7 nitrogen and oxygen atoms in total. The van der Waals surface area contributed by atoms with Gasteiger partial charge in [0.05, 0.1) is 12.1 Å². The van der Waals surface area contributed by atoms with Crippen molar-refractivity contribution in [3.05, 3.63) is 11.6 Å². The lowest BCUT2D eigenvalue weighted by atomic mass is 9.88. The molecule has 0 aromatic heterocycles. The number of aliphatic hydroxyl groups is 3. The summed E-state index contributed by atoms with van der Waals surface area (Å²) in [5.74, 6) is -0.148. The Hall–Kier alpha value is -0.640. The Balaban J connectivity index is 2.06. The summed E-state index contributed by atoms with van der Waals surface area (Å²) in [6.45, 7) is 6.70. The molecule has 28 heavy (non-hydrogen) atoms. The van der Waals surface area contributed by atoms with Gasteiger partial charge in [0.25, 0.3) is 0 Å². The maximum Gasteiger partial charge on any atom is 0.237 e. The molecule has 2 heterocycles. The van der Waals surface area contributed by atoms with Gasteiger partial charge in [0.15, 0.2) is 0 Å². The van der Waals surface area contributed by atoms with Crippen LogP contribution in [0.15, 0.2) is 11.6 Å². The molecule has 0 aliphatic carbocycles. The fraction of sp³-hybridized carbons (Fsp3) is 0.850. The summed E-state index contributed by atoms with van der Waals surface area (Å²) in [7, 11) is 0. The van der Waals surface area contributed by atoms with E-state index >= 15 is 0 Å². The van der Waals surface area contributed by atoms with Gasteiger partial charge in [0.1, 0.15) is 29.9 Å². The average Bonchev–Trinajstić information content (AvgIpc) is 2.69. The highest BCUT2D eigenvalue weighted by molar-refractivity contribution is 7.99. The molecule has 1 unspecified atom stereocenters. The third-order valence-electron chi connectivity index (χ3n) is 5.61. The zero-order chi connectivity index (χ0) is 20.8. The van der Waals surface area contributed by atoms with Gasteiger partial charge in [-0.1, -0.05) is 38.8 Å². The van der Waals surface area contributed by atoms with Gasteiger partial charge in [-0.3, -0.25) is 4.79 Å². The van der Waals surface area contributed by atoms with Gasteiger partial charge in [-0.15, -0.1) is 11.8 Å². The fourth-order valence-electron chi connectivity index (χ4n) is 3.81. The minimum absolute atomic E-state index is 0.0211. The van der Waals surface area contributed by atoms with E-state index in [0.717, 1.165) is 19.3 Å². The van der Waals surface area contributed by atoms with E-state index in [1.54, 1.807) is 6.26 Å². The number of thioether (sulfide) groups is 1. The quantitative estimate of drug-likeness (QED) is 0.372. The molecule has 1 fully saturated rings. The molecule has 0 spiro atoms. The predicted molar refractivity (Wildman–Crippen MR) is 111 cm³/mol. The number of amides is 1. The van der Waals surface area contributed by atoms with E-state index < -0.39 is 35.9 Å². The van der Waals surface area contributed by atoms with E-state index in [4.69, 9.17) is 4.74 Å². The topological polar surface area (TPSA) is 111 Å². The summed E-state index contributed by atoms with van der Waals surface area (Å²) in [4.78, 5) is 12.9. The maximum absolute atomic E-state index is 12.9. The normalized spacial score (nSPS) is 34.8. The van der Waals surface area contributed by atoms with Crippen molar-refractivity contribution >= 4 is 17.7 Å². The van der Waals surface area contributed by atoms with E-state index in [9.17, 15) is 20.1 Å². The molecule has 2 aliphatic heterocycles. The van der Waals surface area contributed by atoms with Gasteiger partial charge in [-0.25, -0.2) is 0 Å². The third kappa shape index (κ3) is 5.70. The monoisotopic (exact) mass is 416 g/mol. The summed E-state index contributed by atoms with van der Waals surface area (Å²) >= 11 is 1.27. The summed E-state index contributed by atoms with van der Waals surface area (Å²) in [5, 5.41) is 37.0. The second-order valence-corrected chi connectivity index (χ2v) is 9.02. The number of carbonyl (C=O) groups is 1. The number of unbranched alkanes of at least 4 members (excludes halogenated alkanes) is 1. The van der Waals surface area contributed by atoms with Gasteiger partial charge in [-0.05, 0) is 31.4 Å². The number of hydrogen-bond acceptors (Lipinski definition) is 7. The molecule has 1 amide bonds. The molecular formula is C20H36N2O5S. The minimum Gasteiger partial charge on any atom is -0.388 e. The zero-order valence-corrected chi connectivity index (χ0v) is 18.1. The lowest BCUT2D eigenvalue weighted by Crippen LogP contribution is -2.64. The largest absolute Gasteiger partial charge is 0.388 e. The van der Waals surface area contributed by atoms with Crippen molar-refractivity contribution < 1.29 is 24.9 Å². The van der Waals surface area contributed by atoms with Gasteiger partial charge in [-0.2, -0.15) is 0 Å². The van der Waals surface area contributed by atoms with E-state index in [-0.39, 0.29) is 17.9 Å². The summed E-state index contributed by atoms with van der Waals surface area (Å²) in [6.07, 6.45) is 3.32. The van der Waals surface area contributed by atoms with E-state index in [2.05, 4.69) is 23.6 Å². The van der Waals surface area contributed by atoms with Crippen molar-refractivity contribution in [2.24, 2.45) is 5.92 Å². The smallest absolute Gasteiger partial charge is 0.237 e. The predicted octanol–water partition coefficient (Wildman–Crippen LogP) is 0.776. The molecule has 0 radical (unpaired) electrons. The molecule has 2 aliphatic rings. The van der Waals surface area contributed by atoms with Crippen LogP contribution in [0, 0.1) is 5.92 Å². The van der Waals surface area contributed by atoms with E-state index in [0.29, 0.717) is 13.0 Å². The van der Waals surface area contributed by atoms with E-state index in [1.807, 2.05) is 13.8 Å². The molecular weight excluding hydrogens is 380 g/mol. The van der Waals surface area contributed by atoms with Crippen LogP contribution in [-0.4, -0.2) is 76.0 Å². The zero-order valence-electron chi connectivity index (χ0n) is 17.3. The Kier molecular flexibility index (Phi) is 9.24. The second-order valence-electron chi connectivity index (χ2n) is 8.09. The van der Waals surface area contributed by atoms with Crippen LogP contribution in [0.2, 0.25) is 0 Å². The number of nitrogens with one attached hydrogen (secondary N) is 2. The number of rotatable bonds is 8. The van der Waals surface area contributed by atoms with Gasteiger partial charge >= 0.3 is 0 Å². The summed E-state index contributed by atoms with van der Waals surface area (Å²) in [5.41, 5.74) is 0.648. The second kappa shape index (κ2) is 10.9.